The highest BCUT2D eigenvalue weighted by Crippen LogP contribution is 2.17. The quantitative estimate of drug-likeness (QED) is 0.317. The summed E-state index contributed by atoms with van der Waals surface area (Å²) in [6.07, 6.45) is 1.91. The molecule has 1 rings (SSSR count). The molecule has 0 aliphatic heterocycles. The molecule has 0 radical (unpaired) electrons. The molecule has 20 heavy (non-hydrogen) atoms. The summed E-state index contributed by atoms with van der Waals surface area (Å²) in [5.41, 5.74) is -0.815. The number of rotatable bonds is 8. The lowest BCUT2D eigenvalue weighted by Crippen LogP contribution is -2.13. The molecule has 0 amide bonds. The molecule has 1 aromatic rings. The number of nitro groups is 1. The molecule has 7 heteroatoms. The Bertz CT molecular complexity index is 478. The molecule has 0 bridgehead atoms. The van der Waals surface area contributed by atoms with E-state index in [4.69, 9.17) is 9.47 Å². The molecule has 110 valence electrons. The standard InChI is InChI=1S/C13H16FNO5/c1-2-3-6-19-7-8-20-13(16)11-9-10(15(17)18)4-5-12(11)14/h4-5,9H,2-3,6-8H2,1H3. The van der Waals surface area contributed by atoms with Crippen LogP contribution in [0.25, 0.3) is 0 Å². The molecule has 0 atom stereocenters. The zero-order valence-electron chi connectivity index (χ0n) is 11.1. The summed E-state index contributed by atoms with van der Waals surface area (Å²) in [5, 5.41) is 10.6. The van der Waals surface area contributed by atoms with Crippen LogP contribution in [0, 0.1) is 15.9 Å². The molecular weight excluding hydrogens is 269 g/mol. The highest BCUT2D eigenvalue weighted by molar-refractivity contribution is 5.90. The predicted octanol–water partition coefficient (Wildman–Crippen LogP) is 2.71. The summed E-state index contributed by atoms with van der Waals surface area (Å²) >= 11 is 0. The summed E-state index contributed by atoms with van der Waals surface area (Å²) in [6.45, 7) is 2.78. The molecule has 0 aliphatic rings. The van der Waals surface area contributed by atoms with Crippen molar-refractivity contribution in [3.05, 3.63) is 39.7 Å². The molecule has 0 saturated carbocycles. The second kappa shape index (κ2) is 8.21. The number of halogens is 1. The van der Waals surface area contributed by atoms with Gasteiger partial charge in [0.2, 0.25) is 0 Å². The van der Waals surface area contributed by atoms with Crippen molar-refractivity contribution in [3.8, 4) is 0 Å². The van der Waals surface area contributed by atoms with Crippen molar-refractivity contribution in [1.29, 1.82) is 0 Å². The third-order valence-corrected chi connectivity index (χ3v) is 2.48. The van der Waals surface area contributed by atoms with Gasteiger partial charge in [0.05, 0.1) is 11.5 Å². The first-order valence-electron chi connectivity index (χ1n) is 6.25. The van der Waals surface area contributed by atoms with E-state index in [2.05, 4.69) is 0 Å². The number of hydrogen-bond donors (Lipinski definition) is 0. The second-order valence-corrected chi connectivity index (χ2v) is 4.02. The summed E-state index contributed by atoms with van der Waals surface area (Å²) in [4.78, 5) is 21.4. The molecule has 6 nitrogen and oxygen atoms in total. The lowest BCUT2D eigenvalue weighted by Gasteiger charge is -2.06. The molecule has 0 N–H and O–H groups in total. The fourth-order valence-corrected chi connectivity index (χ4v) is 1.40. The first kappa shape index (κ1) is 16.0. The Kier molecular flexibility index (Phi) is 6.58. The van der Waals surface area contributed by atoms with Crippen LogP contribution in [0.5, 0.6) is 0 Å². The van der Waals surface area contributed by atoms with Crippen LogP contribution in [0.2, 0.25) is 0 Å². The first-order chi connectivity index (χ1) is 9.56. The Morgan fingerprint density at radius 1 is 1.35 bits per heavy atom. The largest absolute Gasteiger partial charge is 0.460 e. The van der Waals surface area contributed by atoms with Gasteiger partial charge < -0.3 is 9.47 Å². The van der Waals surface area contributed by atoms with Gasteiger partial charge in [-0.1, -0.05) is 13.3 Å². The normalized spacial score (nSPS) is 10.3. The highest BCUT2D eigenvalue weighted by atomic mass is 19.1. The van der Waals surface area contributed by atoms with Crippen LogP contribution in [-0.4, -0.2) is 30.7 Å². The van der Waals surface area contributed by atoms with Gasteiger partial charge in [-0.3, -0.25) is 10.1 Å². The van der Waals surface area contributed by atoms with Crippen LogP contribution < -0.4 is 0 Å². The van der Waals surface area contributed by atoms with Gasteiger partial charge in [-0.2, -0.15) is 0 Å². The Hall–Kier alpha value is -2.02. The Balaban J connectivity index is 2.50. The zero-order valence-corrected chi connectivity index (χ0v) is 11.1. The molecule has 0 saturated heterocycles. The number of benzene rings is 1. The van der Waals surface area contributed by atoms with Gasteiger partial charge in [-0.25, -0.2) is 9.18 Å². The summed E-state index contributed by atoms with van der Waals surface area (Å²) in [5.74, 6) is -1.79. The molecular formula is C13H16FNO5. The number of carbonyl (C=O) groups is 1. The topological polar surface area (TPSA) is 78.7 Å². The number of carbonyl (C=O) groups excluding carboxylic acids is 1. The average Bonchev–Trinajstić information content (AvgIpc) is 2.42. The maximum atomic E-state index is 13.4. The SMILES string of the molecule is CCCCOCCOC(=O)c1cc([N+](=O)[O-])ccc1F. The Morgan fingerprint density at radius 2 is 2.10 bits per heavy atom. The lowest BCUT2D eigenvalue weighted by atomic mass is 10.2. The van der Waals surface area contributed by atoms with Crippen LogP contribution >= 0.6 is 0 Å². The second-order valence-electron chi connectivity index (χ2n) is 4.02. The zero-order chi connectivity index (χ0) is 15.0. The highest BCUT2D eigenvalue weighted by Gasteiger charge is 2.17. The van der Waals surface area contributed by atoms with E-state index in [1.54, 1.807) is 0 Å². The van der Waals surface area contributed by atoms with Crippen molar-refractivity contribution in [1.82, 2.24) is 0 Å². The first-order valence-corrected chi connectivity index (χ1v) is 6.25. The van der Waals surface area contributed by atoms with Gasteiger partial charge in [0, 0.05) is 18.7 Å². The van der Waals surface area contributed by atoms with Crippen molar-refractivity contribution < 1.29 is 23.6 Å². The third kappa shape index (κ3) is 4.93. The number of hydrogen-bond acceptors (Lipinski definition) is 5. The predicted molar refractivity (Wildman–Crippen MR) is 69.1 cm³/mol. The van der Waals surface area contributed by atoms with E-state index >= 15 is 0 Å². The monoisotopic (exact) mass is 285 g/mol. The Labute approximate surface area is 115 Å². The van der Waals surface area contributed by atoms with Gasteiger partial charge in [0.1, 0.15) is 18.0 Å². The van der Waals surface area contributed by atoms with Gasteiger partial charge in [-0.05, 0) is 12.5 Å². The van der Waals surface area contributed by atoms with E-state index in [1.165, 1.54) is 0 Å². The number of nitro benzene ring substituents is 1. The summed E-state index contributed by atoms with van der Waals surface area (Å²) in [6, 6.07) is 2.71. The fourth-order valence-electron chi connectivity index (χ4n) is 1.40. The summed E-state index contributed by atoms with van der Waals surface area (Å²) in [7, 11) is 0. The van der Waals surface area contributed by atoms with Gasteiger partial charge in [-0.15, -0.1) is 0 Å². The Morgan fingerprint density at radius 3 is 2.75 bits per heavy atom. The van der Waals surface area contributed by atoms with Gasteiger partial charge >= 0.3 is 5.97 Å². The van der Waals surface area contributed by atoms with Crippen LogP contribution in [0.4, 0.5) is 10.1 Å². The molecule has 0 fully saturated rings. The van der Waals surface area contributed by atoms with Crippen LogP contribution in [0.3, 0.4) is 0 Å². The fraction of sp³-hybridized carbons (Fsp3) is 0.462. The average molecular weight is 285 g/mol. The minimum atomic E-state index is -0.940. The molecule has 0 aromatic heterocycles. The van der Waals surface area contributed by atoms with E-state index in [-0.39, 0.29) is 18.9 Å². The number of nitrogens with zero attached hydrogens (tertiary/aromatic N) is 1. The van der Waals surface area contributed by atoms with Crippen molar-refractivity contribution in [2.45, 2.75) is 19.8 Å². The molecule has 1 aromatic carbocycles. The lowest BCUT2D eigenvalue weighted by molar-refractivity contribution is -0.384. The molecule has 0 spiro atoms. The van der Waals surface area contributed by atoms with Crippen LogP contribution in [-0.2, 0) is 9.47 Å². The van der Waals surface area contributed by atoms with Crippen molar-refractivity contribution in [2.75, 3.05) is 19.8 Å². The van der Waals surface area contributed by atoms with Crippen molar-refractivity contribution >= 4 is 11.7 Å². The summed E-state index contributed by atoms with van der Waals surface area (Å²) < 4.78 is 23.4. The number of esters is 1. The van der Waals surface area contributed by atoms with Crippen molar-refractivity contribution in [3.63, 3.8) is 0 Å². The minimum Gasteiger partial charge on any atom is -0.460 e. The molecule has 0 aliphatic carbocycles. The van der Waals surface area contributed by atoms with E-state index in [0.717, 1.165) is 31.0 Å². The number of ether oxygens (including phenoxy) is 2. The van der Waals surface area contributed by atoms with E-state index < -0.39 is 22.3 Å². The van der Waals surface area contributed by atoms with Gasteiger partial charge in [0.15, 0.2) is 0 Å². The van der Waals surface area contributed by atoms with Crippen molar-refractivity contribution in [2.24, 2.45) is 0 Å². The van der Waals surface area contributed by atoms with Crippen LogP contribution in [0.15, 0.2) is 18.2 Å². The van der Waals surface area contributed by atoms with E-state index in [9.17, 15) is 19.3 Å². The smallest absolute Gasteiger partial charge is 0.341 e. The number of non-ortho nitro benzene ring substituents is 1. The maximum Gasteiger partial charge on any atom is 0.341 e. The maximum absolute atomic E-state index is 13.4. The molecule has 0 unspecified atom stereocenters. The number of unbranched alkanes of at least 4 members (excludes halogenated alkanes) is 1. The van der Waals surface area contributed by atoms with E-state index in [0.29, 0.717) is 6.61 Å². The van der Waals surface area contributed by atoms with Crippen LogP contribution in [0.1, 0.15) is 30.1 Å². The third-order valence-electron chi connectivity index (χ3n) is 2.48. The van der Waals surface area contributed by atoms with Gasteiger partial charge in [0.25, 0.3) is 5.69 Å². The van der Waals surface area contributed by atoms with E-state index in [1.807, 2.05) is 6.92 Å². The minimum absolute atomic E-state index is 0.0231. The molecule has 0 heterocycles.